The van der Waals surface area contributed by atoms with Crippen LogP contribution in [0.15, 0.2) is 23.2 Å². The molecule has 2 aromatic rings. The summed E-state index contributed by atoms with van der Waals surface area (Å²) >= 11 is 1.85. The normalized spacial score (nSPS) is 11.5. The molecule has 0 fully saturated rings. The van der Waals surface area contributed by atoms with Crippen molar-refractivity contribution in [2.24, 2.45) is 12.0 Å². The number of aromatic nitrogens is 3. The van der Waals surface area contributed by atoms with Gasteiger partial charge >= 0.3 is 0 Å². The maximum Gasteiger partial charge on any atom is 0.191 e. The summed E-state index contributed by atoms with van der Waals surface area (Å²) in [5.74, 6) is 4.56. The highest BCUT2D eigenvalue weighted by molar-refractivity contribution is 7.98. The lowest BCUT2D eigenvalue weighted by Gasteiger charge is -2.14. The molecule has 0 unspecified atom stereocenters. The average Bonchev–Trinajstić information content (AvgIpc) is 3.00. The molecule has 1 heterocycles. The van der Waals surface area contributed by atoms with Crippen LogP contribution < -0.4 is 15.4 Å². The van der Waals surface area contributed by atoms with E-state index in [1.54, 1.807) is 0 Å². The van der Waals surface area contributed by atoms with E-state index in [1.165, 1.54) is 5.56 Å². The first-order valence-corrected chi connectivity index (χ1v) is 11.0. The highest BCUT2D eigenvalue weighted by atomic mass is 32.2. The Labute approximate surface area is 172 Å². The molecule has 2 rings (SSSR count). The van der Waals surface area contributed by atoms with Gasteiger partial charge in [-0.2, -0.15) is 11.8 Å². The van der Waals surface area contributed by atoms with E-state index in [4.69, 9.17) is 9.73 Å². The number of hydrogen-bond acceptors (Lipinski definition) is 5. The zero-order chi connectivity index (χ0) is 20.4. The lowest BCUT2D eigenvalue weighted by atomic mass is 10.1. The quantitative estimate of drug-likeness (QED) is 0.360. The Balaban J connectivity index is 2.07. The second-order valence-electron chi connectivity index (χ2n) is 6.56. The maximum absolute atomic E-state index is 5.78. The van der Waals surface area contributed by atoms with Crippen molar-refractivity contribution >= 4 is 17.7 Å². The highest BCUT2D eigenvalue weighted by Crippen LogP contribution is 2.21. The Morgan fingerprint density at radius 2 is 2.07 bits per heavy atom. The molecule has 0 aliphatic rings. The van der Waals surface area contributed by atoms with Crippen molar-refractivity contribution < 1.29 is 4.74 Å². The fourth-order valence-corrected chi connectivity index (χ4v) is 3.04. The number of aliphatic imine (C=N–C) groups is 1. The number of benzene rings is 1. The summed E-state index contributed by atoms with van der Waals surface area (Å²) in [5.41, 5.74) is 2.26. The van der Waals surface area contributed by atoms with E-state index in [2.05, 4.69) is 52.2 Å². The molecule has 8 heteroatoms. The molecular formula is C20H32N6OS. The minimum Gasteiger partial charge on any atom is -0.494 e. The third kappa shape index (κ3) is 6.74. The Hall–Kier alpha value is -2.22. The van der Waals surface area contributed by atoms with Crippen molar-refractivity contribution in [3.8, 4) is 5.75 Å². The molecular weight excluding hydrogens is 372 g/mol. The monoisotopic (exact) mass is 404 g/mol. The molecule has 0 aliphatic heterocycles. The van der Waals surface area contributed by atoms with Crippen LogP contribution in [0.25, 0.3) is 0 Å². The molecule has 0 radical (unpaired) electrons. The Morgan fingerprint density at radius 1 is 1.25 bits per heavy atom. The lowest BCUT2D eigenvalue weighted by Crippen LogP contribution is -2.38. The van der Waals surface area contributed by atoms with Crippen LogP contribution in [0.4, 0.5) is 0 Å². The summed E-state index contributed by atoms with van der Waals surface area (Å²) in [6.07, 6.45) is 3.20. The van der Waals surface area contributed by atoms with E-state index in [9.17, 15) is 0 Å². The second kappa shape index (κ2) is 11.6. The standard InChI is InChI=1S/C20H32N6OS/c1-6-27-18-12-15(2)8-9-17(18)13-22-20(21-10-7-11-28-5)23-14-19-25-24-16(3)26(19)4/h8-9,12H,6-7,10-11,13-14H2,1-5H3,(H2,21,22,23). The molecule has 0 amide bonds. The summed E-state index contributed by atoms with van der Waals surface area (Å²) in [6.45, 7) is 8.64. The van der Waals surface area contributed by atoms with Crippen LogP contribution in [-0.2, 0) is 20.1 Å². The van der Waals surface area contributed by atoms with Crippen LogP contribution in [0, 0.1) is 13.8 Å². The van der Waals surface area contributed by atoms with Gasteiger partial charge in [0, 0.05) is 19.2 Å². The number of hydrogen-bond donors (Lipinski definition) is 2. The molecule has 0 atom stereocenters. The number of rotatable bonds is 10. The van der Waals surface area contributed by atoms with E-state index < -0.39 is 0 Å². The van der Waals surface area contributed by atoms with Gasteiger partial charge in [-0.3, -0.25) is 0 Å². The predicted molar refractivity (Wildman–Crippen MR) is 117 cm³/mol. The first kappa shape index (κ1) is 22.1. The van der Waals surface area contributed by atoms with Crippen molar-refractivity contribution in [2.75, 3.05) is 25.2 Å². The molecule has 7 nitrogen and oxygen atoms in total. The van der Waals surface area contributed by atoms with Crippen molar-refractivity contribution in [3.05, 3.63) is 41.0 Å². The SMILES string of the molecule is CCOc1cc(C)ccc1CN=C(NCCCSC)NCc1nnc(C)n1C. The van der Waals surface area contributed by atoms with Gasteiger partial charge < -0.3 is 19.9 Å². The summed E-state index contributed by atoms with van der Waals surface area (Å²) in [7, 11) is 1.97. The first-order chi connectivity index (χ1) is 13.5. The molecule has 1 aromatic carbocycles. The minimum atomic E-state index is 0.547. The smallest absolute Gasteiger partial charge is 0.191 e. The fraction of sp³-hybridized carbons (Fsp3) is 0.550. The van der Waals surface area contributed by atoms with Gasteiger partial charge in [-0.05, 0) is 50.8 Å². The summed E-state index contributed by atoms with van der Waals surface area (Å²) in [5, 5.41) is 15.1. The van der Waals surface area contributed by atoms with Crippen LogP contribution in [0.3, 0.4) is 0 Å². The lowest BCUT2D eigenvalue weighted by molar-refractivity contribution is 0.336. The summed E-state index contributed by atoms with van der Waals surface area (Å²) in [4.78, 5) is 4.77. The highest BCUT2D eigenvalue weighted by Gasteiger charge is 2.08. The van der Waals surface area contributed by atoms with E-state index in [-0.39, 0.29) is 0 Å². The topological polar surface area (TPSA) is 76.4 Å². The molecule has 0 saturated carbocycles. The average molecular weight is 405 g/mol. The predicted octanol–water partition coefficient (Wildman–Crippen LogP) is 2.82. The van der Waals surface area contributed by atoms with Gasteiger partial charge in [0.2, 0.25) is 0 Å². The number of nitrogens with zero attached hydrogens (tertiary/aromatic N) is 4. The van der Waals surface area contributed by atoms with Gasteiger partial charge in [0.05, 0.1) is 19.7 Å². The van der Waals surface area contributed by atoms with Gasteiger partial charge in [0.1, 0.15) is 11.6 Å². The van der Waals surface area contributed by atoms with Crippen molar-refractivity contribution in [1.29, 1.82) is 0 Å². The van der Waals surface area contributed by atoms with Crippen LogP contribution in [0.5, 0.6) is 5.75 Å². The Kier molecular flexibility index (Phi) is 9.13. The van der Waals surface area contributed by atoms with Crippen molar-refractivity contribution in [2.45, 2.75) is 40.3 Å². The van der Waals surface area contributed by atoms with E-state index in [0.29, 0.717) is 19.7 Å². The van der Waals surface area contributed by atoms with Crippen LogP contribution >= 0.6 is 11.8 Å². The zero-order valence-corrected chi connectivity index (χ0v) is 18.4. The van der Waals surface area contributed by atoms with E-state index in [1.807, 2.05) is 37.2 Å². The van der Waals surface area contributed by atoms with E-state index in [0.717, 1.165) is 47.6 Å². The second-order valence-corrected chi connectivity index (χ2v) is 7.54. The first-order valence-electron chi connectivity index (χ1n) is 9.63. The fourth-order valence-electron chi connectivity index (χ4n) is 2.61. The molecule has 28 heavy (non-hydrogen) atoms. The third-order valence-electron chi connectivity index (χ3n) is 4.34. The van der Waals surface area contributed by atoms with Gasteiger partial charge in [-0.25, -0.2) is 4.99 Å². The molecule has 154 valence electrons. The number of guanidine groups is 1. The molecule has 0 bridgehead atoms. The van der Waals surface area contributed by atoms with Gasteiger partial charge in [-0.15, -0.1) is 10.2 Å². The van der Waals surface area contributed by atoms with Crippen molar-refractivity contribution in [3.63, 3.8) is 0 Å². The Morgan fingerprint density at radius 3 is 2.75 bits per heavy atom. The van der Waals surface area contributed by atoms with Gasteiger partial charge in [0.15, 0.2) is 11.8 Å². The minimum absolute atomic E-state index is 0.547. The van der Waals surface area contributed by atoms with Crippen LogP contribution in [0.1, 0.15) is 36.1 Å². The number of ether oxygens (including phenoxy) is 1. The molecule has 2 N–H and O–H groups in total. The maximum atomic E-state index is 5.78. The molecule has 0 aliphatic carbocycles. The summed E-state index contributed by atoms with van der Waals surface area (Å²) < 4.78 is 7.75. The van der Waals surface area contributed by atoms with E-state index >= 15 is 0 Å². The third-order valence-corrected chi connectivity index (χ3v) is 5.04. The Bertz CT molecular complexity index is 774. The van der Waals surface area contributed by atoms with Crippen molar-refractivity contribution in [1.82, 2.24) is 25.4 Å². The molecule has 0 spiro atoms. The van der Waals surface area contributed by atoms with Gasteiger partial charge in [0.25, 0.3) is 0 Å². The number of thioether (sulfide) groups is 1. The molecule has 1 aromatic heterocycles. The largest absolute Gasteiger partial charge is 0.494 e. The number of nitrogens with one attached hydrogen (secondary N) is 2. The molecule has 0 saturated heterocycles. The zero-order valence-electron chi connectivity index (χ0n) is 17.6. The van der Waals surface area contributed by atoms with Crippen LogP contribution in [-0.4, -0.2) is 45.9 Å². The van der Waals surface area contributed by atoms with Gasteiger partial charge in [-0.1, -0.05) is 12.1 Å². The number of aryl methyl sites for hydroxylation is 2. The van der Waals surface area contributed by atoms with Crippen LogP contribution in [0.2, 0.25) is 0 Å². The summed E-state index contributed by atoms with van der Waals surface area (Å²) in [6, 6.07) is 6.24.